The molecule has 0 saturated heterocycles. The fourth-order valence-electron chi connectivity index (χ4n) is 1.50. The molecule has 0 aromatic heterocycles. The molecule has 0 spiro atoms. The van der Waals surface area contributed by atoms with Gasteiger partial charge < -0.3 is 19.9 Å². The monoisotopic (exact) mass is 258 g/mol. The molecule has 1 rings (SSSR count). The maximum Gasteiger partial charge on any atom is 0.165 e. The molecule has 18 heavy (non-hydrogen) atoms. The molecule has 4 nitrogen and oxygen atoms in total. The molecule has 1 aromatic carbocycles. The number of halogens is 1. The van der Waals surface area contributed by atoms with Crippen LogP contribution in [-0.4, -0.2) is 44.6 Å². The molecule has 1 aromatic rings. The molecule has 0 heterocycles. The molecule has 0 fully saturated rings. The van der Waals surface area contributed by atoms with Gasteiger partial charge in [-0.3, -0.25) is 0 Å². The Hall–Kier alpha value is -1.17. The van der Waals surface area contributed by atoms with E-state index in [1.54, 1.807) is 25.3 Å². The van der Waals surface area contributed by atoms with Gasteiger partial charge in [0.2, 0.25) is 0 Å². The third-order valence-electron chi connectivity index (χ3n) is 2.46. The van der Waals surface area contributed by atoms with Crippen LogP contribution in [0.3, 0.4) is 0 Å². The summed E-state index contributed by atoms with van der Waals surface area (Å²) in [5.74, 6) is -0.232. The van der Waals surface area contributed by atoms with Crippen molar-refractivity contribution in [2.45, 2.75) is 12.5 Å². The number of para-hydroxylation sites is 1. The summed E-state index contributed by atoms with van der Waals surface area (Å²) in [7, 11) is 1.66. The Morgan fingerprint density at radius 1 is 1.39 bits per heavy atom. The van der Waals surface area contributed by atoms with Crippen molar-refractivity contribution in [2.24, 2.45) is 0 Å². The normalized spacial score (nSPS) is 12.4. The fourth-order valence-corrected chi connectivity index (χ4v) is 1.50. The number of methoxy groups -OCH3 is 1. The molecule has 1 atom stereocenters. The minimum absolute atomic E-state index is 0.0989. The molecule has 3 N–H and O–H groups in total. The number of aliphatic hydroxyl groups excluding tert-OH is 1. The predicted molar refractivity (Wildman–Crippen MR) is 66.1 cm³/mol. The maximum absolute atomic E-state index is 13.2. The van der Waals surface area contributed by atoms with Crippen LogP contribution in [0.5, 0.6) is 5.75 Å². The van der Waals surface area contributed by atoms with Gasteiger partial charge in [0, 0.05) is 13.5 Å². The Labute approximate surface area is 107 Å². The van der Waals surface area contributed by atoms with Gasteiger partial charge in [0.15, 0.2) is 11.6 Å². The highest BCUT2D eigenvalue weighted by Gasteiger charge is 2.09. The summed E-state index contributed by atoms with van der Waals surface area (Å²) in [6, 6.07) is 6.17. The van der Waals surface area contributed by atoms with E-state index in [0.29, 0.717) is 6.54 Å². The van der Waals surface area contributed by atoms with Gasteiger partial charge in [-0.1, -0.05) is 12.1 Å². The molecule has 0 aliphatic carbocycles. The molecular formula is C13H21FNO3+. The molecule has 0 saturated carbocycles. The number of hydrogen-bond acceptors (Lipinski definition) is 3. The topological polar surface area (TPSA) is 55.3 Å². The third kappa shape index (κ3) is 5.95. The number of aliphatic hydroxyl groups is 1. The summed E-state index contributed by atoms with van der Waals surface area (Å²) < 4.78 is 23.3. The van der Waals surface area contributed by atoms with Crippen molar-refractivity contribution in [1.29, 1.82) is 0 Å². The van der Waals surface area contributed by atoms with Crippen molar-refractivity contribution >= 4 is 0 Å². The Morgan fingerprint density at radius 2 is 2.17 bits per heavy atom. The van der Waals surface area contributed by atoms with Gasteiger partial charge in [0.25, 0.3) is 0 Å². The average molecular weight is 258 g/mol. The number of quaternary nitrogens is 1. The van der Waals surface area contributed by atoms with E-state index in [9.17, 15) is 9.50 Å². The van der Waals surface area contributed by atoms with Crippen LogP contribution in [0.1, 0.15) is 6.42 Å². The summed E-state index contributed by atoms with van der Waals surface area (Å²) in [5, 5.41) is 11.6. The predicted octanol–water partition coefficient (Wildman–Crippen LogP) is 0.165. The number of benzene rings is 1. The van der Waals surface area contributed by atoms with Gasteiger partial charge in [0.1, 0.15) is 19.3 Å². The van der Waals surface area contributed by atoms with E-state index in [4.69, 9.17) is 9.47 Å². The van der Waals surface area contributed by atoms with E-state index in [2.05, 4.69) is 0 Å². The first kappa shape index (κ1) is 14.9. The molecule has 0 radical (unpaired) electrons. The van der Waals surface area contributed by atoms with Crippen molar-refractivity contribution in [2.75, 3.05) is 33.4 Å². The zero-order valence-corrected chi connectivity index (χ0v) is 10.6. The second-order valence-corrected chi connectivity index (χ2v) is 4.05. The van der Waals surface area contributed by atoms with Crippen molar-refractivity contribution in [3.8, 4) is 5.75 Å². The Bertz CT molecular complexity index is 336. The van der Waals surface area contributed by atoms with Crippen molar-refractivity contribution in [3.05, 3.63) is 30.1 Å². The average Bonchev–Trinajstić information content (AvgIpc) is 2.37. The van der Waals surface area contributed by atoms with Gasteiger partial charge in [-0.15, -0.1) is 0 Å². The number of hydrogen-bond donors (Lipinski definition) is 2. The minimum Gasteiger partial charge on any atom is -0.488 e. The van der Waals surface area contributed by atoms with Crippen molar-refractivity contribution in [3.63, 3.8) is 0 Å². The van der Waals surface area contributed by atoms with E-state index in [1.807, 2.05) is 5.32 Å². The molecule has 0 unspecified atom stereocenters. The lowest BCUT2D eigenvalue weighted by Gasteiger charge is -2.11. The van der Waals surface area contributed by atoms with Crippen LogP contribution in [0.15, 0.2) is 24.3 Å². The van der Waals surface area contributed by atoms with Crippen LogP contribution in [0, 0.1) is 5.82 Å². The van der Waals surface area contributed by atoms with E-state index in [-0.39, 0.29) is 12.4 Å². The molecular weight excluding hydrogens is 237 g/mol. The van der Waals surface area contributed by atoms with Crippen LogP contribution in [-0.2, 0) is 4.74 Å². The highest BCUT2D eigenvalue weighted by atomic mass is 19.1. The van der Waals surface area contributed by atoms with E-state index in [1.165, 1.54) is 6.07 Å². The lowest BCUT2D eigenvalue weighted by molar-refractivity contribution is -0.661. The SMILES string of the molecule is COCCC[NH2+]C[C@@H](O)COc1ccccc1F. The minimum atomic E-state index is -0.604. The number of nitrogens with two attached hydrogens (primary N) is 1. The van der Waals surface area contributed by atoms with E-state index >= 15 is 0 Å². The number of rotatable bonds is 9. The van der Waals surface area contributed by atoms with Crippen LogP contribution in [0.4, 0.5) is 4.39 Å². The van der Waals surface area contributed by atoms with Crippen molar-refractivity contribution < 1.29 is 24.3 Å². The lowest BCUT2D eigenvalue weighted by Crippen LogP contribution is -2.86. The van der Waals surface area contributed by atoms with Crippen molar-refractivity contribution in [1.82, 2.24) is 0 Å². The highest BCUT2D eigenvalue weighted by molar-refractivity contribution is 5.23. The molecule has 0 amide bonds. The molecule has 0 aliphatic heterocycles. The Kier molecular flexibility index (Phi) is 7.32. The summed E-state index contributed by atoms with van der Waals surface area (Å²) in [6.07, 6.45) is 0.337. The summed E-state index contributed by atoms with van der Waals surface area (Å²) in [6.45, 7) is 2.25. The van der Waals surface area contributed by atoms with Gasteiger partial charge in [-0.25, -0.2) is 4.39 Å². The second kappa shape index (κ2) is 8.85. The van der Waals surface area contributed by atoms with Gasteiger partial charge >= 0.3 is 0 Å². The first-order valence-corrected chi connectivity index (χ1v) is 6.10. The summed E-state index contributed by atoms with van der Waals surface area (Å²) in [5.41, 5.74) is 0. The van der Waals surface area contributed by atoms with Gasteiger partial charge in [-0.05, 0) is 12.1 Å². The van der Waals surface area contributed by atoms with E-state index in [0.717, 1.165) is 19.6 Å². The van der Waals surface area contributed by atoms with Crippen LogP contribution < -0.4 is 10.1 Å². The lowest BCUT2D eigenvalue weighted by atomic mass is 10.3. The molecule has 0 aliphatic rings. The molecule has 0 bridgehead atoms. The Balaban J connectivity index is 2.13. The molecule has 102 valence electrons. The third-order valence-corrected chi connectivity index (χ3v) is 2.46. The van der Waals surface area contributed by atoms with Crippen LogP contribution >= 0.6 is 0 Å². The number of ether oxygens (including phenoxy) is 2. The van der Waals surface area contributed by atoms with Crippen LogP contribution in [0.2, 0.25) is 0 Å². The standard InChI is InChI=1S/C13H20FNO3/c1-17-8-4-7-15-9-11(16)10-18-13-6-3-2-5-12(13)14/h2-3,5-6,11,15-16H,4,7-10H2,1H3/p+1/t11-/m1/s1. The largest absolute Gasteiger partial charge is 0.488 e. The van der Waals surface area contributed by atoms with Crippen LogP contribution in [0.25, 0.3) is 0 Å². The zero-order valence-electron chi connectivity index (χ0n) is 10.6. The summed E-state index contributed by atoms with van der Waals surface area (Å²) in [4.78, 5) is 0. The Morgan fingerprint density at radius 3 is 2.89 bits per heavy atom. The fraction of sp³-hybridized carbons (Fsp3) is 0.538. The first-order valence-electron chi connectivity index (χ1n) is 6.10. The highest BCUT2D eigenvalue weighted by Crippen LogP contribution is 2.15. The second-order valence-electron chi connectivity index (χ2n) is 4.05. The zero-order chi connectivity index (χ0) is 13.2. The summed E-state index contributed by atoms with van der Waals surface area (Å²) >= 11 is 0. The first-order chi connectivity index (χ1) is 8.74. The maximum atomic E-state index is 13.2. The molecule has 5 heteroatoms. The quantitative estimate of drug-likeness (QED) is 0.621. The van der Waals surface area contributed by atoms with Gasteiger partial charge in [-0.2, -0.15) is 0 Å². The van der Waals surface area contributed by atoms with E-state index < -0.39 is 11.9 Å². The smallest absolute Gasteiger partial charge is 0.165 e. The van der Waals surface area contributed by atoms with Gasteiger partial charge in [0.05, 0.1) is 13.2 Å².